The van der Waals surface area contributed by atoms with Crippen molar-refractivity contribution in [2.24, 2.45) is 0 Å². The van der Waals surface area contributed by atoms with Gasteiger partial charge in [-0.15, -0.1) is 11.3 Å². The molecule has 1 aromatic carbocycles. The zero-order valence-electron chi connectivity index (χ0n) is 11.8. The number of aromatic nitrogens is 3. The predicted octanol–water partition coefficient (Wildman–Crippen LogP) is 3.18. The molecule has 0 N–H and O–H groups in total. The predicted molar refractivity (Wildman–Crippen MR) is 93.8 cm³/mol. The minimum atomic E-state index is 0.943. The minimum Gasteiger partial charge on any atom is -0.352 e. The van der Waals surface area contributed by atoms with Crippen molar-refractivity contribution in [2.75, 3.05) is 36.0 Å². The van der Waals surface area contributed by atoms with Crippen LogP contribution in [0.25, 0.3) is 10.9 Å². The third-order valence-electron chi connectivity index (χ3n) is 3.85. The second kappa shape index (κ2) is 5.81. The molecule has 1 saturated heterocycles. The van der Waals surface area contributed by atoms with Gasteiger partial charge in [0, 0.05) is 47.6 Å². The highest BCUT2D eigenvalue weighted by Gasteiger charge is 2.21. The molecule has 0 bridgehead atoms. The highest BCUT2D eigenvalue weighted by Crippen LogP contribution is 2.27. The van der Waals surface area contributed by atoms with E-state index in [4.69, 9.17) is 0 Å². The van der Waals surface area contributed by atoms with Gasteiger partial charge in [0.2, 0.25) is 0 Å². The lowest BCUT2D eigenvalue weighted by molar-refractivity contribution is 0.647. The first kappa shape index (κ1) is 13.9. The highest BCUT2D eigenvalue weighted by atomic mass is 79.9. The highest BCUT2D eigenvalue weighted by molar-refractivity contribution is 9.10. The van der Waals surface area contributed by atoms with Crippen LogP contribution in [0.1, 0.15) is 0 Å². The Labute approximate surface area is 140 Å². The summed E-state index contributed by atoms with van der Waals surface area (Å²) in [5.74, 6) is 1.02. The number of rotatable bonds is 2. The molecule has 3 heterocycles. The maximum Gasteiger partial charge on any atom is 0.185 e. The van der Waals surface area contributed by atoms with E-state index in [1.165, 1.54) is 0 Å². The number of anilines is 2. The summed E-state index contributed by atoms with van der Waals surface area (Å²) in [6.45, 7) is 3.82. The van der Waals surface area contributed by atoms with Gasteiger partial charge < -0.3 is 9.80 Å². The lowest BCUT2D eigenvalue weighted by Gasteiger charge is -2.35. The van der Waals surface area contributed by atoms with E-state index in [0.29, 0.717) is 0 Å². The molecular weight excluding hydrogens is 362 g/mol. The SMILES string of the molecule is Brc1ccc2ncnc(N3CCN(c4nccs4)CC3)c2c1. The molecule has 0 spiro atoms. The molecule has 0 radical (unpaired) electrons. The first-order chi connectivity index (χ1) is 10.8. The van der Waals surface area contributed by atoms with Crippen LogP contribution < -0.4 is 9.80 Å². The van der Waals surface area contributed by atoms with Gasteiger partial charge in [0.05, 0.1) is 5.52 Å². The number of hydrogen-bond acceptors (Lipinski definition) is 6. The maximum atomic E-state index is 4.52. The molecule has 7 heteroatoms. The Morgan fingerprint density at radius 3 is 2.59 bits per heavy atom. The van der Waals surface area contributed by atoms with Crippen LogP contribution in [0, 0.1) is 0 Å². The molecule has 0 aliphatic carbocycles. The van der Waals surface area contributed by atoms with Gasteiger partial charge in [-0.3, -0.25) is 0 Å². The van der Waals surface area contributed by atoms with Gasteiger partial charge in [-0.25, -0.2) is 15.0 Å². The minimum absolute atomic E-state index is 0.943. The Hall–Kier alpha value is -1.73. The van der Waals surface area contributed by atoms with Crippen LogP contribution in [0.3, 0.4) is 0 Å². The summed E-state index contributed by atoms with van der Waals surface area (Å²) in [7, 11) is 0. The van der Waals surface area contributed by atoms with Crippen molar-refractivity contribution in [2.45, 2.75) is 0 Å². The average Bonchev–Trinajstić information content (AvgIpc) is 3.09. The number of thiazole rings is 1. The van der Waals surface area contributed by atoms with Crippen molar-refractivity contribution in [3.8, 4) is 0 Å². The molecular formula is C15H14BrN5S. The molecule has 0 unspecified atom stereocenters. The van der Waals surface area contributed by atoms with Gasteiger partial charge in [0.15, 0.2) is 5.13 Å². The van der Waals surface area contributed by atoms with Crippen LogP contribution in [-0.4, -0.2) is 41.1 Å². The molecule has 1 aliphatic rings. The summed E-state index contributed by atoms with van der Waals surface area (Å²) < 4.78 is 1.05. The van der Waals surface area contributed by atoms with Crippen LogP contribution in [0.5, 0.6) is 0 Å². The quantitative estimate of drug-likeness (QED) is 0.688. The van der Waals surface area contributed by atoms with Crippen molar-refractivity contribution in [3.05, 3.63) is 40.6 Å². The standard InChI is InChI=1S/C15H14BrN5S/c16-11-1-2-13-12(9-11)14(19-10-18-13)20-4-6-21(7-5-20)15-17-3-8-22-15/h1-3,8-10H,4-7H2. The summed E-state index contributed by atoms with van der Waals surface area (Å²) in [5, 5.41) is 4.23. The molecule has 5 nitrogen and oxygen atoms in total. The number of piperazine rings is 1. The van der Waals surface area contributed by atoms with E-state index in [9.17, 15) is 0 Å². The zero-order chi connectivity index (χ0) is 14.9. The van der Waals surface area contributed by atoms with E-state index >= 15 is 0 Å². The smallest absolute Gasteiger partial charge is 0.185 e. The Morgan fingerprint density at radius 1 is 1.00 bits per heavy atom. The van der Waals surface area contributed by atoms with Gasteiger partial charge in [0.25, 0.3) is 0 Å². The van der Waals surface area contributed by atoms with Gasteiger partial charge in [-0.2, -0.15) is 0 Å². The lowest BCUT2D eigenvalue weighted by atomic mass is 10.2. The van der Waals surface area contributed by atoms with Gasteiger partial charge >= 0.3 is 0 Å². The van der Waals surface area contributed by atoms with Crippen molar-refractivity contribution < 1.29 is 0 Å². The molecule has 1 fully saturated rings. The zero-order valence-corrected chi connectivity index (χ0v) is 14.2. The third-order valence-corrected chi connectivity index (χ3v) is 5.17. The second-order valence-electron chi connectivity index (χ2n) is 5.15. The van der Waals surface area contributed by atoms with Crippen molar-refractivity contribution >= 4 is 49.1 Å². The molecule has 4 rings (SSSR count). The molecule has 3 aromatic rings. The van der Waals surface area contributed by atoms with Gasteiger partial charge in [-0.1, -0.05) is 15.9 Å². The van der Waals surface area contributed by atoms with Crippen LogP contribution in [0.4, 0.5) is 10.9 Å². The molecule has 2 aromatic heterocycles. The van der Waals surface area contributed by atoms with E-state index in [1.807, 2.05) is 23.7 Å². The summed E-state index contributed by atoms with van der Waals surface area (Å²) >= 11 is 5.23. The second-order valence-corrected chi connectivity index (χ2v) is 6.94. The van der Waals surface area contributed by atoms with Crippen molar-refractivity contribution in [1.29, 1.82) is 0 Å². The van der Waals surface area contributed by atoms with Crippen LogP contribution in [0.2, 0.25) is 0 Å². The summed E-state index contributed by atoms with van der Waals surface area (Å²) in [4.78, 5) is 17.9. The first-order valence-corrected chi connectivity index (χ1v) is 8.78. The number of benzene rings is 1. The fraction of sp³-hybridized carbons (Fsp3) is 0.267. The van der Waals surface area contributed by atoms with Crippen LogP contribution >= 0.6 is 27.3 Å². The average molecular weight is 376 g/mol. The van der Waals surface area contributed by atoms with Crippen molar-refractivity contribution in [3.63, 3.8) is 0 Å². The van der Waals surface area contributed by atoms with Gasteiger partial charge in [-0.05, 0) is 18.2 Å². The van der Waals surface area contributed by atoms with E-state index in [0.717, 1.165) is 52.5 Å². The van der Waals surface area contributed by atoms with Crippen LogP contribution in [0.15, 0.2) is 40.6 Å². The Bertz CT molecular complexity index is 784. The molecule has 0 saturated carbocycles. The molecule has 112 valence electrons. The van der Waals surface area contributed by atoms with E-state index in [1.54, 1.807) is 17.7 Å². The van der Waals surface area contributed by atoms with E-state index in [2.05, 4.69) is 46.7 Å². The maximum absolute atomic E-state index is 4.52. The van der Waals surface area contributed by atoms with Crippen molar-refractivity contribution in [1.82, 2.24) is 15.0 Å². The topological polar surface area (TPSA) is 45.2 Å². The van der Waals surface area contributed by atoms with Gasteiger partial charge in [0.1, 0.15) is 12.1 Å². The van der Waals surface area contributed by atoms with E-state index < -0.39 is 0 Å². The summed E-state index contributed by atoms with van der Waals surface area (Å²) in [6, 6.07) is 6.13. The number of halogens is 1. The Balaban J connectivity index is 1.60. The fourth-order valence-corrected chi connectivity index (χ4v) is 3.81. The fourth-order valence-electron chi connectivity index (χ4n) is 2.75. The third kappa shape index (κ3) is 2.55. The largest absolute Gasteiger partial charge is 0.352 e. The number of hydrogen-bond donors (Lipinski definition) is 0. The Morgan fingerprint density at radius 2 is 1.82 bits per heavy atom. The monoisotopic (exact) mass is 375 g/mol. The van der Waals surface area contributed by atoms with Crippen LogP contribution in [-0.2, 0) is 0 Å². The summed E-state index contributed by atoms with van der Waals surface area (Å²) in [5.41, 5.74) is 0.982. The molecule has 0 atom stereocenters. The first-order valence-electron chi connectivity index (χ1n) is 7.11. The number of nitrogens with zero attached hydrogens (tertiary/aromatic N) is 5. The summed E-state index contributed by atoms with van der Waals surface area (Å²) in [6.07, 6.45) is 3.51. The Kier molecular flexibility index (Phi) is 3.67. The molecule has 0 amide bonds. The normalized spacial score (nSPS) is 15.5. The lowest BCUT2D eigenvalue weighted by Crippen LogP contribution is -2.46. The number of fused-ring (bicyclic) bond motifs is 1. The molecule has 22 heavy (non-hydrogen) atoms. The molecule has 1 aliphatic heterocycles. The van der Waals surface area contributed by atoms with E-state index in [-0.39, 0.29) is 0 Å².